The third-order valence-electron chi connectivity index (χ3n) is 3.48. The van der Waals surface area contributed by atoms with Crippen molar-refractivity contribution in [1.82, 2.24) is 14.9 Å². The van der Waals surface area contributed by atoms with Crippen molar-refractivity contribution in [1.29, 1.82) is 0 Å². The predicted octanol–water partition coefficient (Wildman–Crippen LogP) is 1.32. The van der Waals surface area contributed by atoms with Crippen LogP contribution in [0, 0.1) is 5.92 Å². The lowest BCUT2D eigenvalue weighted by Gasteiger charge is -2.23. The van der Waals surface area contributed by atoms with E-state index in [1.165, 1.54) is 17.3 Å². The van der Waals surface area contributed by atoms with Gasteiger partial charge in [-0.05, 0) is 34.7 Å². The molecule has 0 spiro atoms. The molecule has 2 N–H and O–H groups in total. The number of carbonyl (C=O) groups is 2. The Labute approximate surface area is 117 Å². The number of rotatable bonds is 2. The molecular formula is C11H11BrN4O3. The highest BCUT2D eigenvalue weighted by molar-refractivity contribution is 9.10. The summed E-state index contributed by atoms with van der Waals surface area (Å²) in [4.78, 5) is 32.5. The van der Waals surface area contributed by atoms with E-state index < -0.39 is 12.1 Å². The van der Waals surface area contributed by atoms with Crippen molar-refractivity contribution in [3.63, 3.8) is 0 Å². The minimum absolute atomic E-state index is 0.0156. The fourth-order valence-electron chi connectivity index (χ4n) is 2.58. The smallest absolute Gasteiger partial charge is 0.408 e. The number of likely N-dealkylation sites (tertiary alicyclic amines) is 1. The molecule has 1 aromatic heterocycles. The molecule has 2 amide bonds. The maximum absolute atomic E-state index is 12.1. The largest absolute Gasteiger partial charge is 0.465 e. The summed E-state index contributed by atoms with van der Waals surface area (Å²) in [7, 11) is 0. The van der Waals surface area contributed by atoms with Gasteiger partial charge < -0.3 is 10.4 Å². The zero-order chi connectivity index (χ0) is 13.6. The van der Waals surface area contributed by atoms with E-state index in [0.29, 0.717) is 22.8 Å². The van der Waals surface area contributed by atoms with Gasteiger partial charge in [-0.1, -0.05) is 0 Å². The first kappa shape index (κ1) is 12.3. The average Bonchev–Trinajstić information content (AvgIpc) is 2.99. The Bertz CT molecular complexity index is 552. The first-order chi connectivity index (χ1) is 9.06. The molecule has 1 saturated heterocycles. The molecule has 2 aliphatic rings. The lowest BCUT2D eigenvalue weighted by Crippen LogP contribution is -2.44. The number of hydrogen-bond donors (Lipinski definition) is 2. The van der Waals surface area contributed by atoms with Crippen LogP contribution in [0.4, 0.5) is 10.6 Å². The minimum Gasteiger partial charge on any atom is -0.465 e. The topological polar surface area (TPSA) is 95.4 Å². The van der Waals surface area contributed by atoms with Crippen molar-refractivity contribution in [3.05, 3.63) is 17.0 Å². The number of halogens is 1. The van der Waals surface area contributed by atoms with E-state index in [0.717, 1.165) is 6.42 Å². The summed E-state index contributed by atoms with van der Waals surface area (Å²) in [6, 6.07) is -0.608. The van der Waals surface area contributed by atoms with Crippen LogP contribution in [0.1, 0.15) is 12.8 Å². The highest BCUT2D eigenvalue weighted by Gasteiger charge is 2.56. The molecule has 0 aromatic carbocycles. The molecule has 2 heterocycles. The lowest BCUT2D eigenvalue weighted by molar-refractivity contribution is -0.120. The van der Waals surface area contributed by atoms with Crippen molar-refractivity contribution < 1.29 is 14.7 Å². The number of fused-ring (bicyclic) bond motifs is 1. The second-order valence-electron chi connectivity index (χ2n) is 4.72. The molecule has 1 aromatic rings. The summed E-state index contributed by atoms with van der Waals surface area (Å²) in [6.45, 7) is 0. The molecule has 1 saturated carbocycles. The number of nitrogens with one attached hydrogen (secondary N) is 1. The molecule has 1 aliphatic carbocycles. The molecule has 3 rings (SSSR count). The van der Waals surface area contributed by atoms with E-state index in [-0.39, 0.29) is 11.9 Å². The van der Waals surface area contributed by atoms with Gasteiger partial charge in [-0.2, -0.15) is 0 Å². The number of amides is 2. The summed E-state index contributed by atoms with van der Waals surface area (Å²) in [6.07, 6.45) is 3.34. The fourth-order valence-corrected chi connectivity index (χ4v) is 2.89. The molecule has 3 atom stereocenters. The van der Waals surface area contributed by atoms with Gasteiger partial charge in [0.15, 0.2) is 5.82 Å². The Hall–Kier alpha value is -1.70. The average molecular weight is 327 g/mol. The molecule has 100 valence electrons. The summed E-state index contributed by atoms with van der Waals surface area (Å²) >= 11 is 3.16. The van der Waals surface area contributed by atoms with E-state index in [9.17, 15) is 9.59 Å². The molecule has 19 heavy (non-hydrogen) atoms. The van der Waals surface area contributed by atoms with Crippen LogP contribution in [0.2, 0.25) is 0 Å². The van der Waals surface area contributed by atoms with Gasteiger partial charge in [0.05, 0.1) is 12.4 Å². The first-order valence-electron chi connectivity index (χ1n) is 5.86. The number of aromatic nitrogens is 2. The monoisotopic (exact) mass is 326 g/mol. The van der Waals surface area contributed by atoms with Crippen LogP contribution in [0.5, 0.6) is 0 Å². The molecule has 8 heteroatoms. The number of carboxylic acid groups (broad SMARTS) is 1. The SMILES string of the molecule is O=C(Nc1cncc(Br)n1)[C@@H]1C[C@H]2C[C@H]2N1C(=O)O. The van der Waals surface area contributed by atoms with Gasteiger partial charge in [0.25, 0.3) is 0 Å². The molecule has 7 nitrogen and oxygen atoms in total. The highest BCUT2D eigenvalue weighted by Crippen LogP contribution is 2.47. The summed E-state index contributed by atoms with van der Waals surface area (Å²) < 4.78 is 0.509. The van der Waals surface area contributed by atoms with Gasteiger partial charge in [0.1, 0.15) is 10.6 Å². The number of carbonyl (C=O) groups excluding carboxylic acids is 1. The third-order valence-corrected chi connectivity index (χ3v) is 3.87. The summed E-state index contributed by atoms with van der Waals surface area (Å²) in [5.41, 5.74) is 0. The van der Waals surface area contributed by atoms with Crippen LogP contribution >= 0.6 is 15.9 Å². The van der Waals surface area contributed by atoms with Crippen molar-refractivity contribution >= 4 is 33.7 Å². The van der Waals surface area contributed by atoms with E-state index >= 15 is 0 Å². The molecule has 2 fully saturated rings. The van der Waals surface area contributed by atoms with Crippen molar-refractivity contribution in [2.24, 2.45) is 5.92 Å². The van der Waals surface area contributed by atoms with Crippen LogP contribution in [-0.4, -0.2) is 44.1 Å². The van der Waals surface area contributed by atoms with E-state index in [1.54, 1.807) is 0 Å². The normalized spacial score (nSPS) is 27.8. The van der Waals surface area contributed by atoms with Crippen molar-refractivity contribution in [2.75, 3.05) is 5.32 Å². The number of anilines is 1. The van der Waals surface area contributed by atoms with Gasteiger partial charge in [-0.15, -0.1) is 0 Å². The molecular weight excluding hydrogens is 316 g/mol. The van der Waals surface area contributed by atoms with Gasteiger partial charge in [0, 0.05) is 6.04 Å². The first-order valence-corrected chi connectivity index (χ1v) is 6.65. The van der Waals surface area contributed by atoms with Crippen LogP contribution in [0.3, 0.4) is 0 Å². The maximum atomic E-state index is 12.1. The van der Waals surface area contributed by atoms with Crippen molar-refractivity contribution in [3.8, 4) is 0 Å². The van der Waals surface area contributed by atoms with Crippen LogP contribution in [-0.2, 0) is 4.79 Å². The van der Waals surface area contributed by atoms with Gasteiger partial charge >= 0.3 is 6.09 Å². The quantitative estimate of drug-likeness (QED) is 0.854. The Morgan fingerprint density at radius 2 is 2.21 bits per heavy atom. The van der Waals surface area contributed by atoms with Gasteiger partial charge in [-0.25, -0.2) is 9.78 Å². The predicted molar refractivity (Wildman–Crippen MR) is 68.5 cm³/mol. The Morgan fingerprint density at radius 1 is 1.42 bits per heavy atom. The van der Waals surface area contributed by atoms with Crippen molar-refractivity contribution in [2.45, 2.75) is 24.9 Å². The Balaban J connectivity index is 1.72. The highest BCUT2D eigenvalue weighted by atomic mass is 79.9. The summed E-state index contributed by atoms with van der Waals surface area (Å²) in [5, 5.41) is 11.8. The van der Waals surface area contributed by atoms with E-state index in [2.05, 4.69) is 31.2 Å². The summed E-state index contributed by atoms with van der Waals surface area (Å²) in [5.74, 6) is 0.299. The Morgan fingerprint density at radius 3 is 2.89 bits per heavy atom. The van der Waals surface area contributed by atoms with Crippen LogP contribution in [0.25, 0.3) is 0 Å². The zero-order valence-corrected chi connectivity index (χ0v) is 11.4. The minimum atomic E-state index is -1.04. The molecule has 0 bridgehead atoms. The fraction of sp³-hybridized carbons (Fsp3) is 0.455. The molecule has 1 aliphatic heterocycles. The maximum Gasteiger partial charge on any atom is 0.408 e. The van der Waals surface area contributed by atoms with Gasteiger partial charge in [0.2, 0.25) is 5.91 Å². The second kappa shape index (κ2) is 4.44. The lowest BCUT2D eigenvalue weighted by atomic mass is 10.1. The number of nitrogens with zero attached hydrogens (tertiary/aromatic N) is 3. The third kappa shape index (κ3) is 2.27. The molecule has 0 unspecified atom stereocenters. The number of hydrogen-bond acceptors (Lipinski definition) is 4. The van der Waals surface area contributed by atoms with Crippen LogP contribution in [0.15, 0.2) is 17.0 Å². The van der Waals surface area contributed by atoms with Crippen LogP contribution < -0.4 is 5.32 Å². The molecule has 0 radical (unpaired) electrons. The second-order valence-corrected chi connectivity index (χ2v) is 5.53. The van der Waals surface area contributed by atoms with E-state index in [1.807, 2.05) is 0 Å². The zero-order valence-electron chi connectivity index (χ0n) is 9.78. The van der Waals surface area contributed by atoms with Gasteiger partial charge in [-0.3, -0.25) is 14.7 Å². The number of piperidine rings is 1. The Kier molecular flexibility index (Phi) is 2.89. The van der Waals surface area contributed by atoms with E-state index in [4.69, 9.17) is 5.11 Å². The standard InChI is InChI=1S/C11H11BrN4O3/c12-8-3-13-4-9(14-8)15-10(17)7-2-5-1-6(5)16(7)11(18)19/h3-7H,1-2H2,(H,18,19)(H,14,15,17)/t5-,6-,7+/m1/s1.